The molecule has 32 heavy (non-hydrogen) atoms. The van der Waals surface area contributed by atoms with E-state index in [4.69, 9.17) is 9.47 Å². The molecule has 2 aromatic rings. The van der Waals surface area contributed by atoms with Gasteiger partial charge in [0, 0.05) is 19.5 Å². The van der Waals surface area contributed by atoms with Crippen LogP contribution < -0.4 is 14.8 Å². The molecular formula is C26H36N2O4. The molecule has 0 saturated carbocycles. The van der Waals surface area contributed by atoms with Crippen LogP contribution in [0.1, 0.15) is 44.7 Å². The zero-order chi connectivity index (χ0) is 23.5. The maximum absolute atomic E-state index is 13.3. The van der Waals surface area contributed by atoms with Gasteiger partial charge in [-0.2, -0.15) is 0 Å². The topological polar surface area (TPSA) is 67.9 Å². The third-order valence-corrected chi connectivity index (χ3v) is 5.34. The van der Waals surface area contributed by atoms with Crippen molar-refractivity contribution in [2.75, 3.05) is 20.8 Å². The molecule has 0 aliphatic rings. The van der Waals surface area contributed by atoms with Crippen LogP contribution in [0, 0.1) is 5.92 Å². The third-order valence-electron chi connectivity index (χ3n) is 5.34. The molecule has 2 aromatic carbocycles. The Kier molecular flexibility index (Phi) is 10.1. The second-order valence-corrected chi connectivity index (χ2v) is 8.26. The van der Waals surface area contributed by atoms with E-state index < -0.39 is 6.04 Å². The number of ether oxygens (including phenoxy) is 2. The Labute approximate surface area is 191 Å². The van der Waals surface area contributed by atoms with Gasteiger partial charge < -0.3 is 19.7 Å². The summed E-state index contributed by atoms with van der Waals surface area (Å²) >= 11 is 0. The lowest BCUT2D eigenvalue weighted by atomic mass is 10.1. The molecule has 0 aromatic heterocycles. The smallest absolute Gasteiger partial charge is 0.242 e. The highest BCUT2D eigenvalue weighted by atomic mass is 16.5. The van der Waals surface area contributed by atoms with Crippen LogP contribution in [0.2, 0.25) is 0 Å². The van der Waals surface area contributed by atoms with Crippen molar-refractivity contribution in [3.8, 4) is 11.5 Å². The van der Waals surface area contributed by atoms with Gasteiger partial charge in [-0.1, -0.05) is 57.2 Å². The first kappa shape index (κ1) is 25.2. The first-order valence-electron chi connectivity index (χ1n) is 11.2. The van der Waals surface area contributed by atoms with Crippen molar-refractivity contribution in [3.63, 3.8) is 0 Å². The highest BCUT2D eigenvalue weighted by molar-refractivity contribution is 5.87. The second kappa shape index (κ2) is 12.7. The van der Waals surface area contributed by atoms with Crippen molar-refractivity contribution in [1.82, 2.24) is 10.2 Å². The predicted molar refractivity (Wildman–Crippen MR) is 127 cm³/mol. The second-order valence-electron chi connectivity index (χ2n) is 8.26. The number of carbonyl (C=O) groups excluding carboxylic acids is 2. The van der Waals surface area contributed by atoms with Crippen LogP contribution in [0.4, 0.5) is 0 Å². The van der Waals surface area contributed by atoms with Crippen molar-refractivity contribution < 1.29 is 19.1 Å². The lowest BCUT2D eigenvalue weighted by Crippen LogP contribution is -2.49. The van der Waals surface area contributed by atoms with Gasteiger partial charge in [0.25, 0.3) is 0 Å². The standard InChI is InChI=1S/C26H36N2O4/c1-6-22(26(30)27-17-19(2)3)28(18-21-10-8-7-9-11-21)25(29)15-13-20-12-14-23(31-4)24(16-20)32-5/h7-12,14,16,19,22H,6,13,15,17-18H2,1-5H3,(H,27,30). The van der Waals surface area contributed by atoms with Gasteiger partial charge in [-0.3, -0.25) is 9.59 Å². The molecule has 2 rings (SSSR count). The Morgan fingerprint density at radius 3 is 2.25 bits per heavy atom. The number of aryl methyl sites for hydroxylation is 1. The zero-order valence-corrected chi connectivity index (χ0v) is 19.9. The SMILES string of the molecule is CCC(C(=O)NCC(C)C)N(Cc1ccccc1)C(=O)CCc1ccc(OC)c(OC)c1. The van der Waals surface area contributed by atoms with E-state index in [1.807, 2.05) is 55.5 Å². The van der Waals surface area contributed by atoms with Crippen LogP contribution in [0.3, 0.4) is 0 Å². The largest absolute Gasteiger partial charge is 0.493 e. The number of hydrogen-bond acceptors (Lipinski definition) is 4. The van der Waals surface area contributed by atoms with Gasteiger partial charge >= 0.3 is 0 Å². The van der Waals surface area contributed by atoms with Gasteiger partial charge in [0.15, 0.2) is 11.5 Å². The summed E-state index contributed by atoms with van der Waals surface area (Å²) in [4.78, 5) is 28.0. The maximum Gasteiger partial charge on any atom is 0.242 e. The van der Waals surface area contributed by atoms with E-state index in [2.05, 4.69) is 19.2 Å². The maximum atomic E-state index is 13.3. The van der Waals surface area contributed by atoms with Crippen LogP contribution in [-0.4, -0.2) is 43.5 Å². The van der Waals surface area contributed by atoms with Gasteiger partial charge in [0.2, 0.25) is 11.8 Å². The molecule has 1 N–H and O–H groups in total. The van der Waals surface area contributed by atoms with Gasteiger partial charge in [-0.05, 0) is 42.0 Å². The van der Waals surface area contributed by atoms with E-state index in [1.165, 1.54) is 0 Å². The fraction of sp³-hybridized carbons (Fsp3) is 0.462. The minimum atomic E-state index is -0.508. The Morgan fingerprint density at radius 2 is 1.66 bits per heavy atom. The monoisotopic (exact) mass is 440 g/mol. The molecule has 0 aliphatic heterocycles. The molecule has 0 saturated heterocycles. The molecule has 1 unspecified atom stereocenters. The fourth-order valence-corrected chi connectivity index (χ4v) is 3.55. The summed E-state index contributed by atoms with van der Waals surface area (Å²) in [5.74, 6) is 1.49. The molecule has 0 bridgehead atoms. The molecule has 1 atom stereocenters. The normalized spacial score (nSPS) is 11.7. The Balaban J connectivity index is 2.18. The quantitative estimate of drug-likeness (QED) is 0.537. The summed E-state index contributed by atoms with van der Waals surface area (Å²) in [6.45, 7) is 7.04. The van der Waals surface area contributed by atoms with E-state index in [0.717, 1.165) is 11.1 Å². The Morgan fingerprint density at radius 1 is 0.969 bits per heavy atom. The lowest BCUT2D eigenvalue weighted by Gasteiger charge is -2.31. The minimum Gasteiger partial charge on any atom is -0.493 e. The van der Waals surface area contributed by atoms with Gasteiger partial charge in [-0.15, -0.1) is 0 Å². The molecule has 6 nitrogen and oxygen atoms in total. The van der Waals surface area contributed by atoms with Crippen LogP contribution in [0.5, 0.6) is 11.5 Å². The first-order chi connectivity index (χ1) is 15.4. The molecular weight excluding hydrogens is 404 g/mol. The van der Waals surface area contributed by atoms with Crippen molar-refractivity contribution >= 4 is 11.8 Å². The number of amides is 2. The molecule has 0 fully saturated rings. The van der Waals surface area contributed by atoms with E-state index in [9.17, 15) is 9.59 Å². The van der Waals surface area contributed by atoms with Crippen LogP contribution >= 0.6 is 0 Å². The molecule has 0 heterocycles. The number of rotatable bonds is 12. The zero-order valence-electron chi connectivity index (χ0n) is 19.9. The molecule has 0 radical (unpaired) electrons. The minimum absolute atomic E-state index is 0.0461. The van der Waals surface area contributed by atoms with Crippen LogP contribution in [-0.2, 0) is 22.6 Å². The van der Waals surface area contributed by atoms with Crippen LogP contribution in [0.25, 0.3) is 0 Å². The van der Waals surface area contributed by atoms with Gasteiger partial charge in [0.05, 0.1) is 14.2 Å². The van der Waals surface area contributed by atoms with Gasteiger partial charge in [-0.25, -0.2) is 0 Å². The lowest BCUT2D eigenvalue weighted by molar-refractivity contribution is -0.141. The van der Waals surface area contributed by atoms with E-state index in [0.29, 0.717) is 49.8 Å². The summed E-state index contributed by atoms with van der Waals surface area (Å²) in [6.07, 6.45) is 1.41. The van der Waals surface area contributed by atoms with Crippen molar-refractivity contribution in [3.05, 3.63) is 59.7 Å². The number of nitrogens with one attached hydrogen (secondary N) is 1. The predicted octanol–water partition coefficient (Wildman–Crippen LogP) is 4.22. The molecule has 6 heteroatoms. The molecule has 0 spiro atoms. The third kappa shape index (κ3) is 7.29. The number of benzene rings is 2. The van der Waals surface area contributed by atoms with Crippen molar-refractivity contribution in [2.45, 2.75) is 52.6 Å². The summed E-state index contributed by atoms with van der Waals surface area (Å²) < 4.78 is 10.7. The van der Waals surface area contributed by atoms with E-state index >= 15 is 0 Å². The first-order valence-corrected chi connectivity index (χ1v) is 11.2. The summed E-state index contributed by atoms with van der Waals surface area (Å²) in [6, 6.07) is 15.0. The Bertz CT molecular complexity index is 867. The fourth-order valence-electron chi connectivity index (χ4n) is 3.55. The molecule has 0 aliphatic carbocycles. The summed E-state index contributed by atoms with van der Waals surface area (Å²) in [7, 11) is 3.19. The van der Waals surface area contributed by atoms with E-state index in [1.54, 1.807) is 19.1 Å². The highest BCUT2D eigenvalue weighted by Crippen LogP contribution is 2.28. The molecule has 174 valence electrons. The number of carbonyl (C=O) groups is 2. The number of hydrogen-bond donors (Lipinski definition) is 1. The summed E-state index contributed by atoms with van der Waals surface area (Å²) in [5.41, 5.74) is 1.98. The van der Waals surface area contributed by atoms with Crippen molar-refractivity contribution in [2.24, 2.45) is 5.92 Å². The van der Waals surface area contributed by atoms with Crippen LogP contribution in [0.15, 0.2) is 48.5 Å². The number of nitrogens with zero attached hydrogens (tertiary/aromatic N) is 1. The van der Waals surface area contributed by atoms with E-state index in [-0.39, 0.29) is 11.8 Å². The average molecular weight is 441 g/mol. The Hall–Kier alpha value is -3.02. The van der Waals surface area contributed by atoms with Gasteiger partial charge in [0.1, 0.15) is 6.04 Å². The molecule has 2 amide bonds. The number of methoxy groups -OCH3 is 2. The highest BCUT2D eigenvalue weighted by Gasteiger charge is 2.28. The summed E-state index contributed by atoms with van der Waals surface area (Å²) in [5, 5.41) is 2.99. The van der Waals surface area contributed by atoms with Crippen molar-refractivity contribution in [1.29, 1.82) is 0 Å². The average Bonchev–Trinajstić information content (AvgIpc) is 2.81.